The van der Waals surface area contributed by atoms with Crippen LogP contribution in [0.1, 0.15) is 10.4 Å². The van der Waals surface area contributed by atoms with E-state index in [4.69, 9.17) is 0 Å². The Labute approximate surface area is 183 Å². The van der Waals surface area contributed by atoms with Gasteiger partial charge in [-0.3, -0.25) is 4.79 Å². The molecule has 0 spiro atoms. The normalized spacial score (nSPS) is 14.6. The van der Waals surface area contributed by atoms with Gasteiger partial charge in [0.1, 0.15) is 5.82 Å². The zero-order valence-corrected chi connectivity index (χ0v) is 18.4. The van der Waals surface area contributed by atoms with Crippen molar-refractivity contribution < 1.29 is 13.2 Å². The van der Waals surface area contributed by atoms with Gasteiger partial charge in [-0.1, -0.05) is 22.0 Å². The predicted molar refractivity (Wildman–Crippen MR) is 116 cm³/mol. The maximum atomic E-state index is 12.8. The summed E-state index contributed by atoms with van der Waals surface area (Å²) >= 11 is 3.29. The van der Waals surface area contributed by atoms with Gasteiger partial charge in [0.2, 0.25) is 9.84 Å². The average Bonchev–Trinajstić information content (AvgIpc) is 2.80. The number of halogens is 1. The molecule has 3 heterocycles. The number of hydrogen-bond acceptors (Lipinski definition) is 6. The molecule has 0 unspecified atom stereocenters. The number of pyridine rings is 2. The van der Waals surface area contributed by atoms with Crippen LogP contribution in [-0.2, 0) is 9.84 Å². The summed E-state index contributed by atoms with van der Waals surface area (Å²) in [7, 11) is -3.73. The molecule has 1 fully saturated rings. The van der Waals surface area contributed by atoms with Crippen LogP contribution in [0.25, 0.3) is 0 Å². The van der Waals surface area contributed by atoms with Gasteiger partial charge in [0.15, 0.2) is 5.03 Å². The largest absolute Gasteiger partial charge is 0.353 e. The molecule has 2 aromatic heterocycles. The lowest BCUT2D eigenvalue weighted by molar-refractivity contribution is 0.0746. The number of benzene rings is 1. The second kappa shape index (κ2) is 8.53. The van der Waals surface area contributed by atoms with Crippen LogP contribution < -0.4 is 4.90 Å². The number of carbonyl (C=O) groups is 1. The molecule has 154 valence electrons. The summed E-state index contributed by atoms with van der Waals surface area (Å²) in [5, 5.41) is -0.0821. The van der Waals surface area contributed by atoms with E-state index in [2.05, 4.69) is 30.8 Å². The van der Waals surface area contributed by atoms with E-state index < -0.39 is 9.84 Å². The number of piperazine rings is 1. The highest BCUT2D eigenvalue weighted by Gasteiger charge is 2.24. The number of sulfone groups is 1. The number of carbonyl (C=O) groups excluding carboxylic acids is 1. The van der Waals surface area contributed by atoms with Crippen LogP contribution in [0.5, 0.6) is 0 Å². The average molecular weight is 487 g/mol. The van der Waals surface area contributed by atoms with Crippen LogP contribution in [0.4, 0.5) is 5.82 Å². The van der Waals surface area contributed by atoms with Crippen molar-refractivity contribution in [3.05, 3.63) is 77.0 Å². The van der Waals surface area contributed by atoms with Gasteiger partial charge in [-0.2, -0.15) is 0 Å². The molecule has 1 aliphatic heterocycles. The second-order valence-corrected chi connectivity index (χ2v) is 9.62. The van der Waals surface area contributed by atoms with Crippen molar-refractivity contribution >= 4 is 37.5 Å². The van der Waals surface area contributed by atoms with Crippen molar-refractivity contribution in [2.75, 3.05) is 31.1 Å². The molecule has 1 amide bonds. The minimum atomic E-state index is -3.73. The standard InChI is InChI=1S/C21H19BrN4O3S/c22-17-5-7-18(8-6-17)30(28,29)20-9-4-16(15-24-20)21(27)26-13-11-25(12-14-26)19-3-1-2-10-23-19/h1-10,15H,11-14H2. The third-order valence-corrected chi connectivity index (χ3v) is 7.14. The lowest BCUT2D eigenvalue weighted by Gasteiger charge is -2.35. The molecular weight excluding hydrogens is 468 g/mol. The molecular formula is C21H19BrN4O3S. The fourth-order valence-electron chi connectivity index (χ4n) is 3.26. The SMILES string of the molecule is O=C(c1ccc(S(=O)(=O)c2ccc(Br)cc2)nc1)N1CCN(c2ccccn2)CC1. The molecule has 1 saturated heterocycles. The van der Waals surface area contributed by atoms with E-state index in [-0.39, 0.29) is 15.8 Å². The maximum Gasteiger partial charge on any atom is 0.255 e. The first kappa shape index (κ1) is 20.5. The molecule has 0 aliphatic carbocycles. The maximum absolute atomic E-state index is 12.8. The van der Waals surface area contributed by atoms with Gasteiger partial charge >= 0.3 is 0 Å². The minimum Gasteiger partial charge on any atom is -0.353 e. The van der Waals surface area contributed by atoms with Gasteiger partial charge in [-0.15, -0.1) is 0 Å². The molecule has 3 aromatic rings. The molecule has 9 heteroatoms. The van der Waals surface area contributed by atoms with Crippen LogP contribution in [-0.4, -0.2) is 55.4 Å². The van der Waals surface area contributed by atoms with Crippen LogP contribution >= 0.6 is 15.9 Å². The van der Waals surface area contributed by atoms with Gasteiger partial charge in [0.05, 0.1) is 10.5 Å². The summed E-state index contributed by atoms with van der Waals surface area (Å²) in [5.74, 6) is 0.740. The molecule has 0 saturated carbocycles. The van der Waals surface area contributed by atoms with Gasteiger partial charge in [0, 0.05) is 43.0 Å². The Morgan fingerprint density at radius 1 is 0.900 bits per heavy atom. The van der Waals surface area contributed by atoms with Crippen molar-refractivity contribution in [2.24, 2.45) is 0 Å². The third-order valence-electron chi connectivity index (χ3n) is 4.92. The Kier molecular flexibility index (Phi) is 5.83. The Bertz CT molecular complexity index is 1130. The molecule has 0 N–H and O–H groups in total. The first-order valence-corrected chi connectivity index (χ1v) is 11.6. The van der Waals surface area contributed by atoms with Crippen molar-refractivity contribution in [3.8, 4) is 0 Å². The Hall–Kier alpha value is -2.78. The van der Waals surface area contributed by atoms with Crippen LogP contribution in [0, 0.1) is 0 Å². The predicted octanol–water partition coefficient (Wildman–Crippen LogP) is 3.03. The molecule has 7 nitrogen and oxygen atoms in total. The Morgan fingerprint density at radius 3 is 2.23 bits per heavy atom. The summed E-state index contributed by atoms with van der Waals surface area (Å²) in [4.78, 5) is 25.3. The summed E-state index contributed by atoms with van der Waals surface area (Å²) < 4.78 is 26.2. The molecule has 1 aliphatic rings. The van der Waals surface area contributed by atoms with Crippen LogP contribution in [0.2, 0.25) is 0 Å². The topological polar surface area (TPSA) is 83.5 Å². The molecule has 0 bridgehead atoms. The Morgan fingerprint density at radius 2 is 1.63 bits per heavy atom. The minimum absolute atomic E-state index is 0.0821. The number of aromatic nitrogens is 2. The van der Waals surface area contributed by atoms with E-state index in [0.717, 1.165) is 10.3 Å². The van der Waals surface area contributed by atoms with Gasteiger partial charge in [-0.05, 0) is 48.5 Å². The van der Waals surface area contributed by atoms with Crippen molar-refractivity contribution in [1.82, 2.24) is 14.9 Å². The number of rotatable bonds is 4. The summed E-state index contributed by atoms with van der Waals surface area (Å²) in [6, 6.07) is 15.0. The monoisotopic (exact) mass is 486 g/mol. The lowest BCUT2D eigenvalue weighted by Crippen LogP contribution is -2.49. The highest BCUT2D eigenvalue weighted by atomic mass is 79.9. The summed E-state index contributed by atoms with van der Waals surface area (Å²) in [6.07, 6.45) is 3.08. The van der Waals surface area contributed by atoms with E-state index in [0.29, 0.717) is 31.7 Å². The number of hydrogen-bond donors (Lipinski definition) is 0. The van der Waals surface area contributed by atoms with E-state index in [9.17, 15) is 13.2 Å². The van der Waals surface area contributed by atoms with Crippen molar-refractivity contribution in [3.63, 3.8) is 0 Å². The fraction of sp³-hybridized carbons (Fsp3) is 0.190. The molecule has 4 rings (SSSR count). The first-order chi connectivity index (χ1) is 14.4. The number of nitrogens with zero attached hydrogens (tertiary/aromatic N) is 4. The van der Waals surface area contributed by atoms with E-state index in [1.54, 1.807) is 23.2 Å². The zero-order valence-electron chi connectivity index (χ0n) is 16.0. The molecule has 0 radical (unpaired) electrons. The third kappa shape index (κ3) is 4.22. The van der Waals surface area contributed by atoms with Gasteiger partial charge in [-0.25, -0.2) is 18.4 Å². The van der Waals surface area contributed by atoms with Gasteiger partial charge in [0.25, 0.3) is 5.91 Å². The first-order valence-electron chi connectivity index (χ1n) is 9.37. The second-order valence-electron chi connectivity index (χ2n) is 6.81. The van der Waals surface area contributed by atoms with Crippen molar-refractivity contribution in [2.45, 2.75) is 9.92 Å². The molecule has 1 aromatic carbocycles. The summed E-state index contributed by atoms with van der Waals surface area (Å²) in [5.41, 5.74) is 0.371. The van der Waals surface area contributed by atoms with Gasteiger partial charge < -0.3 is 9.80 Å². The highest BCUT2D eigenvalue weighted by Crippen LogP contribution is 2.22. The Balaban J connectivity index is 1.44. The fourth-order valence-corrected chi connectivity index (χ4v) is 4.70. The van der Waals surface area contributed by atoms with Crippen molar-refractivity contribution in [1.29, 1.82) is 0 Å². The van der Waals surface area contributed by atoms with E-state index in [1.807, 2.05) is 18.2 Å². The molecule has 30 heavy (non-hydrogen) atoms. The van der Waals surface area contributed by atoms with E-state index in [1.165, 1.54) is 30.5 Å². The molecule has 0 atom stereocenters. The zero-order chi connectivity index (χ0) is 21.1. The van der Waals surface area contributed by atoms with Crippen LogP contribution in [0.3, 0.4) is 0 Å². The number of amides is 1. The lowest BCUT2D eigenvalue weighted by atomic mass is 10.2. The summed E-state index contributed by atoms with van der Waals surface area (Å²) in [6.45, 7) is 2.50. The number of anilines is 1. The smallest absolute Gasteiger partial charge is 0.255 e. The highest BCUT2D eigenvalue weighted by molar-refractivity contribution is 9.10. The van der Waals surface area contributed by atoms with Crippen LogP contribution in [0.15, 0.2) is 81.4 Å². The van der Waals surface area contributed by atoms with E-state index >= 15 is 0 Å². The quantitative estimate of drug-likeness (QED) is 0.563.